The summed E-state index contributed by atoms with van der Waals surface area (Å²) in [5, 5.41) is 0. The highest BCUT2D eigenvalue weighted by atomic mass is 79.9. The second-order valence-corrected chi connectivity index (χ2v) is 5.14. The third-order valence-electron chi connectivity index (χ3n) is 2.70. The van der Waals surface area contributed by atoms with E-state index in [4.69, 9.17) is 9.47 Å². The van der Waals surface area contributed by atoms with Gasteiger partial charge < -0.3 is 14.4 Å². The molecule has 0 fully saturated rings. The molecule has 0 saturated heterocycles. The smallest absolute Gasteiger partial charge is 0.143 e. The van der Waals surface area contributed by atoms with E-state index in [1.807, 2.05) is 61.5 Å². The van der Waals surface area contributed by atoms with Crippen LogP contribution in [0.25, 0.3) is 0 Å². The third kappa shape index (κ3) is 3.41. The van der Waals surface area contributed by atoms with Gasteiger partial charge in [0.25, 0.3) is 0 Å². The van der Waals surface area contributed by atoms with Crippen LogP contribution in [0.2, 0.25) is 0 Å². The van der Waals surface area contributed by atoms with Crippen molar-refractivity contribution >= 4 is 21.6 Å². The van der Waals surface area contributed by atoms with Crippen molar-refractivity contribution in [2.75, 3.05) is 26.1 Å². The van der Waals surface area contributed by atoms with Crippen LogP contribution in [-0.2, 0) is 0 Å². The van der Waals surface area contributed by atoms with Gasteiger partial charge in [0.2, 0.25) is 0 Å². The van der Waals surface area contributed by atoms with Crippen molar-refractivity contribution < 1.29 is 9.47 Å². The molecule has 0 aliphatic heterocycles. The summed E-state index contributed by atoms with van der Waals surface area (Å²) >= 11 is 3.50. The summed E-state index contributed by atoms with van der Waals surface area (Å²) in [5.74, 6) is 2.30. The molecule has 0 spiro atoms. The fourth-order valence-electron chi connectivity index (χ4n) is 1.64. The molecule has 0 aliphatic rings. The molecule has 0 heterocycles. The molecule has 3 nitrogen and oxygen atoms in total. The van der Waals surface area contributed by atoms with E-state index < -0.39 is 0 Å². The fourth-order valence-corrected chi connectivity index (χ4v) is 1.97. The Kier molecular flexibility index (Phi) is 4.32. The van der Waals surface area contributed by atoms with Gasteiger partial charge in [0.15, 0.2) is 0 Å². The van der Waals surface area contributed by atoms with Gasteiger partial charge in [0, 0.05) is 31.9 Å². The van der Waals surface area contributed by atoms with E-state index in [9.17, 15) is 0 Å². The minimum Gasteiger partial charge on any atom is -0.497 e. The van der Waals surface area contributed by atoms with Crippen molar-refractivity contribution in [3.63, 3.8) is 0 Å². The Morgan fingerprint density at radius 2 is 1.74 bits per heavy atom. The molecule has 0 aromatic heterocycles. The molecular formula is C15H16BrNO2. The molecule has 0 amide bonds. The number of hydrogen-bond donors (Lipinski definition) is 0. The first kappa shape index (κ1) is 13.7. The highest BCUT2D eigenvalue weighted by Crippen LogP contribution is 2.33. The van der Waals surface area contributed by atoms with Crippen LogP contribution in [0.5, 0.6) is 17.2 Å². The van der Waals surface area contributed by atoms with Crippen molar-refractivity contribution in [1.82, 2.24) is 0 Å². The Hall–Kier alpha value is -1.68. The lowest BCUT2D eigenvalue weighted by Crippen LogP contribution is -2.08. The molecule has 0 atom stereocenters. The normalized spacial score (nSPS) is 10.1. The highest BCUT2D eigenvalue weighted by molar-refractivity contribution is 9.10. The number of rotatable bonds is 4. The molecule has 0 bridgehead atoms. The Labute approximate surface area is 121 Å². The van der Waals surface area contributed by atoms with Crippen LogP contribution in [0.4, 0.5) is 5.69 Å². The fraction of sp³-hybridized carbons (Fsp3) is 0.200. The lowest BCUT2D eigenvalue weighted by atomic mass is 10.3. The van der Waals surface area contributed by atoms with Crippen LogP contribution in [0.1, 0.15) is 0 Å². The molecule has 0 aliphatic carbocycles. The van der Waals surface area contributed by atoms with E-state index in [1.165, 1.54) is 0 Å². The topological polar surface area (TPSA) is 21.7 Å². The van der Waals surface area contributed by atoms with Crippen LogP contribution >= 0.6 is 15.9 Å². The lowest BCUT2D eigenvalue weighted by molar-refractivity contribution is 0.409. The summed E-state index contributed by atoms with van der Waals surface area (Å²) in [6.07, 6.45) is 0. The summed E-state index contributed by atoms with van der Waals surface area (Å²) in [6, 6.07) is 13.5. The van der Waals surface area contributed by atoms with Crippen LogP contribution in [0.3, 0.4) is 0 Å². The molecule has 19 heavy (non-hydrogen) atoms. The summed E-state index contributed by atoms with van der Waals surface area (Å²) in [6.45, 7) is 0. The summed E-state index contributed by atoms with van der Waals surface area (Å²) in [5.41, 5.74) is 1.08. The zero-order valence-corrected chi connectivity index (χ0v) is 12.8. The van der Waals surface area contributed by atoms with Crippen LogP contribution in [0, 0.1) is 0 Å². The van der Waals surface area contributed by atoms with Gasteiger partial charge >= 0.3 is 0 Å². The molecule has 100 valence electrons. The van der Waals surface area contributed by atoms with Gasteiger partial charge in [0.1, 0.15) is 17.2 Å². The maximum absolute atomic E-state index is 5.89. The molecule has 4 heteroatoms. The second kappa shape index (κ2) is 5.97. The summed E-state index contributed by atoms with van der Waals surface area (Å²) < 4.78 is 12.0. The number of ether oxygens (including phenoxy) is 2. The third-order valence-corrected chi connectivity index (χ3v) is 3.36. The Morgan fingerprint density at radius 1 is 1.00 bits per heavy atom. The van der Waals surface area contributed by atoms with Crippen LogP contribution in [-0.4, -0.2) is 21.2 Å². The van der Waals surface area contributed by atoms with Gasteiger partial charge in [0.05, 0.1) is 11.6 Å². The van der Waals surface area contributed by atoms with Gasteiger partial charge in [-0.25, -0.2) is 0 Å². The SMILES string of the molecule is COc1cccc(Oc2cc(N(C)C)ccc2Br)c1. The van der Waals surface area contributed by atoms with E-state index in [-0.39, 0.29) is 0 Å². The second-order valence-electron chi connectivity index (χ2n) is 4.29. The quantitative estimate of drug-likeness (QED) is 0.837. The first-order valence-electron chi connectivity index (χ1n) is 5.89. The number of nitrogens with zero attached hydrogens (tertiary/aromatic N) is 1. The molecular weight excluding hydrogens is 306 g/mol. The zero-order valence-electron chi connectivity index (χ0n) is 11.2. The molecule has 2 rings (SSSR count). The van der Waals surface area contributed by atoms with Crippen LogP contribution in [0.15, 0.2) is 46.9 Å². The Balaban J connectivity index is 2.29. The van der Waals surface area contributed by atoms with Gasteiger partial charge in [-0.3, -0.25) is 0 Å². The van der Waals surface area contributed by atoms with Crippen LogP contribution < -0.4 is 14.4 Å². The monoisotopic (exact) mass is 321 g/mol. The van der Waals surface area contributed by atoms with E-state index in [0.29, 0.717) is 0 Å². The van der Waals surface area contributed by atoms with Crippen molar-refractivity contribution in [2.24, 2.45) is 0 Å². The van der Waals surface area contributed by atoms with Gasteiger partial charge in [-0.1, -0.05) is 6.07 Å². The summed E-state index contributed by atoms with van der Waals surface area (Å²) in [7, 11) is 5.64. The number of hydrogen-bond acceptors (Lipinski definition) is 3. The van der Waals surface area contributed by atoms with Crippen molar-refractivity contribution in [3.8, 4) is 17.2 Å². The van der Waals surface area contributed by atoms with E-state index in [0.717, 1.165) is 27.4 Å². The lowest BCUT2D eigenvalue weighted by Gasteiger charge is -2.15. The molecule has 0 N–H and O–H groups in total. The number of methoxy groups -OCH3 is 1. The standard InChI is InChI=1S/C15H16BrNO2/c1-17(2)11-7-8-14(16)15(9-11)19-13-6-4-5-12(10-13)18-3/h4-10H,1-3H3. The maximum atomic E-state index is 5.89. The minimum atomic E-state index is 0.746. The number of anilines is 1. The molecule has 0 saturated carbocycles. The Bertz CT molecular complexity index is 570. The predicted molar refractivity (Wildman–Crippen MR) is 81.5 cm³/mol. The van der Waals surface area contributed by atoms with Crippen molar-refractivity contribution in [1.29, 1.82) is 0 Å². The highest BCUT2D eigenvalue weighted by Gasteiger charge is 2.06. The first-order chi connectivity index (χ1) is 9.10. The van der Waals surface area contributed by atoms with E-state index >= 15 is 0 Å². The number of benzene rings is 2. The zero-order chi connectivity index (χ0) is 13.8. The molecule has 0 unspecified atom stereocenters. The number of halogens is 1. The predicted octanol–water partition coefficient (Wildman–Crippen LogP) is 4.32. The molecule has 2 aromatic carbocycles. The molecule has 0 radical (unpaired) electrons. The molecule has 2 aromatic rings. The average molecular weight is 322 g/mol. The van der Waals surface area contributed by atoms with E-state index in [2.05, 4.69) is 15.9 Å². The van der Waals surface area contributed by atoms with Gasteiger partial charge in [-0.2, -0.15) is 0 Å². The minimum absolute atomic E-state index is 0.746. The van der Waals surface area contributed by atoms with Crippen molar-refractivity contribution in [2.45, 2.75) is 0 Å². The van der Waals surface area contributed by atoms with Gasteiger partial charge in [-0.05, 0) is 40.2 Å². The average Bonchev–Trinajstić information content (AvgIpc) is 2.41. The maximum Gasteiger partial charge on any atom is 0.143 e. The Morgan fingerprint density at radius 3 is 2.42 bits per heavy atom. The van der Waals surface area contributed by atoms with E-state index in [1.54, 1.807) is 7.11 Å². The summed E-state index contributed by atoms with van der Waals surface area (Å²) in [4.78, 5) is 2.03. The largest absolute Gasteiger partial charge is 0.497 e. The first-order valence-corrected chi connectivity index (χ1v) is 6.68. The van der Waals surface area contributed by atoms with Crippen molar-refractivity contribution in [3.05, 3.63) is 46.9 Å². The van der Waals surface area contributed by atoms with Gasteiger partial charge in [-0.15, -0.1) is 0 Å².